The van der Waals surface area contributed by atoms with Crippen molar-refractivity contribution in [2.45, 2.75) is 45.6 Å². The number of rotatable bonds is 3. The lowest BCUT2D eigenvalue weighted by Gasteiger charge is -2.36. The standard InChI is InChI=1S/C18H23BrN4O2S/c1-11-7-23(8-12(2)25-11)18-20-15-10-22(6-5-14(15)17(24)21-18)9-13-3-4-16(19)26-13/h3-4,11-12H,5-10H2,1-2H3,(H,20,21,24)/t11-,12+. The Morgan fingerprint density at radius 3 is 2.81 bits per heavy atom. The zero-order valence-corrected chi connectivity index (χ0v) is 17.4. The van der Waals surface area contributed by atoms with Crippen LogP contribution in [0.5, 0.6) is 0 Å². The van der Waals surface area contributed by atoms with Gasteiger partial charge in [-0.15, -0.1) is 11.3 Å². The van der Waals surface area contributed by atoms with Crippen LogP contribution in [0, 0.1) is 0 Å². The van der Waals surface area contributed by atoms with E-state index in [0.717, 1.165) is 54.2 Å². The van der Waals surface area contributed by atoms with Gasteiger partial charge in [-0.2, -0.15) is 0 Å². The lowest BCUT2D eigenvalue weighted by Crippen LogP contribution is -2.47. The van der Waals surface area contributed by atoms with E-state index in [1.165, 1.54) is 4.88 Å². The van der Waals surface area contributed by atoms with Crippen molar-refractivity contribution in [3.63, 3.8) is 0 Å². The molecule has 4 heterocycles. The number of ether oxygens (including phenoxy) is 1. The maximum atomic E-state index is 12.6. The van der Waals surface area contributed by atoms with Crippen molar-refractivity contribution < 1.29 is 4.74 Å². The summed E-state index contributed by atoms with van der Waals surface area (Å²) in [6, 6.07) is 4.23. The predicted octanol–water partition coefficient (Wildman–Crippen LogP) is 2.77. The van der Waals surface area contributed by atoms with Crippen LogP contribution in [0.2, 0.25) is 0 Å². The number of fused-ring (bicyclic) bond motifs is 1. The molecular formula is C18H23BrN4O2S. The molecule has 2 aromatic rings. The van der Waals surface area contributed by atoms with E-state index < -0.39 is 0 Å². The molecule has 6 nitrogen and oxygen atoms in total. The molecule has 1 N–H and O–H groups in total. The molecule has 0 saturated carbocycles. The molecule has 0 unspecified atom stereocenters. The Morgan fingerprint density at radius 1 is 1.35 bits per heavy atom. The largest absolute Gasteiger partial charge is 0.372 e. The van der Waals surface area contributed by atoms with Gasteiger partial charge in [0.15, 0.2) is 0 Å². The summed E-state index contributed by atoms with van der Waals surface area (Å²) in [6.07, 6.45) is 1.02. The Morgan fingerprint density at radius 2 is 2.12 bits per heavy atom. The third-order valence-electron chi connectivity index (χ3n) is 4.87. The van der Waals surface area contributed by atoms with Crippen LogP contribution in [0.25, 0.3) is 0 Å². The van der Waals surface area contributed by atoms with Gasteiger partial charge < -0.3 is 9.64 Å². The Balaban J connectivity index is 1.55. The minimum absolute atomic E-state index is 0.00955. The molecule has 2 aromatic heterocycles. The summed E-state index contributed by atoms with van der Waals surface area (Å²) in [4.78, 5) is 26.2. The smallest absolute Gasteiger partial charge is 0.255 e. The lowest BCUT2D eigenvalue weighted by atomic mass is 10.1. The van der Waals surface area contributed by atoms with Crippen molar-refractivity contribution in [2.75, 3.05) is 24.5 Å². The summed E-state index contributed by atoms with van der Waals surface area (Å²) >= 11 is 5.28. The predicted molar refractivity (Wildman–Crippen MR) is 107 cm³/mol. The van der Waals surface area contributed by atoms with Crippen molar-refractivity contribution in [1.29, 1.82) is 0 Å². The molecule has 2 atom stereocenters. The van der Waals surface area contributed by atoms with Gasteiger partial charge in [0, 0.05) is 43.2 Å². The van der Waals surface area contributed by atoms with Crippen molar-refractivity contribution >= 4 is 33.2 Å². The number of nitrogens with one attached hydrogen (secondary N) is 1. The SMILES string of the molecule is C[C@@H]1CN(c2nc3c(c(=O)[nH]2)CCN(Cc2ccc(Br)s2)C3)C[C@H](C)O1. The first-order chi connectivity index (χ1) is 12.5. The number of H-pyrrole nitrogens is 1. The van der Waals surface area contributed by atoms with Gasteiger partial charge in [0.2, 0.25) is 5.95 Å². The van der Waals surface area contributed by atoms with Gasteiger partial charge in [-0.25, -0.2) is 4.98 Å². The molecule has 0 aromatic carbocycles. The van der Waals surface area contributed by atoms with E-state index in [2.05, 4.69) is 56.7 Å². The van der Waals surface area contributed by atoms with Crippen LogP contribution in [0.4, 0.5) is 5.95 Å². The summed E-state index contributed by atoms with van der Waals surface area (Å²) in [5, 5.41) is 0. The topological polar surface area (TPSA) is 61.5 Å². The number of anilines is 1. The number of hydrogen-bond acceptors (Lipinski definition) is 6. The monoisotopic (exact) mass is 438 g/mol. The molecule has 1 fully saturated rings. The van der Waals surface area contributed by atoms with E-state index in [-0.39, 0.29) is 17.8 Å². The van der Waals surface area contributed by atoms with E-state index in [1.54, 1.807) is 11.3 Å². The van der Waals surface area contributed by atoms with Crippen LogP contribution in [-0.2, 0) is 24.2 Å². The number of halogens is 1. The summed E-state index contributed by atoms with van der Waals surface area (Å²) in [5.41, 5.74) is 1.76. The normalized spacial score (nSPS) is 23.9. The zero-order valence-electron chi connectivity index (χ0n) is 15.0. The number of morpholine rings is 1. The first-order valence-electron chi connectivity index (χ1n) is 8.97. The van der Waals surface area contributed by atoms with Gasteiger partial charge in [0.05, 0.1) is 21.7 Å². The number of aromatic amines is 1. The second kappa shape index (κ2) is 7.42. The van der Waals surface area contributed by atoms with Crippen molar-refractivity contribution in [2.24, 2.45) is 0 Å². The summed E-state index contributed by atoms with van der Waals surface area (Å²) in [7, 11) is 0. The third kappa shape index (κ3) is 3.88. The van der Waals surface area contributed by atoms with Crippen LogP contribution in [0.1, 0.15) is 30.0 Å². The number of thiophene rings is 1. The molecular weight excluding hydrogens is 416 g/mol. The molecule has 2 aliphatic heterocycles. The van der Waals surface area contributed by atoms with E-state index in [9.17, 15) is 4.79 Å². The molecule has 0 radical (unpaired) electrons. The molecule has 0 bridgehead atoms. The molecule has 1 saturated heterocycles. The third-order valence-corrected chi connectivity index (χ3v) is 6.48. The molecule has 0 amide bonds. The van der Waals surface area contributed by atoms with Gasteiger partial charge in [-0.3, -0.25) is 14.7 Å². The second-order valence-electron chi connectivity index (χ2n) is 7.14. The number of aromatic nitrogens is 2. The van der Waals surface area contributed by atoms with Crippen LogP contribution in [-0.4, -0.2) is 46.7 Å². The zero-order chi connectivity index (χ0) is 18.3. The average Bonchev–Trinajstić information content (AvgIpc) is 2.98. The highest BCUT2D eigenvalue weighted by atomic mass is 79.9. The van der Waals surface area contributed by atoms with Gasteiger partial charge in [0.1, 0.15) is 0 Å². The van der Waals surface area contributed by atoms with E-state index >= 15 is 0 Å². The maximum Gasteiger partial charge on any atom is 0.255 e. The van der Waals surface area contributed by atoms with Crippen LogP contribution in [0.3, 0.4) is 0 Å². The fourth-order valence-electron chi connectivity index (χ4n) is 3.77. The Hall–Kier alpha value is -1.22. The fourth-order valence-corrected chi connectivity index (χ4v) is 5.30. The van der Waals surface area contributed by atoms with E-state index in [1.807, 2.05) is 0 Å². The Bertz CT molecular complexity index is 842. The van der Waals surface area contributed by atoms with Gasteiger partial charge in [0.25, 0.3) is 5.56 Å². The quantitative estimate of drug-likeness (QED) is 0.797. The number of hydrogen-bond donors (Lipinski definition) is 1. The van der Waals surface area contributed by atoms with Gasteiger partial charge >= 0.3 is 0 Å². The van der Waals surface area contributed by atoms with Gasteiger partial charge in [-0.05, 0) is 48.3 Å². The van der Waals surface area contributed by atoms with Crippen LogP contribution >= 0.6 is 27.3 Å². The Kier molecular flexibility index (Phi) is 5.18. The van der Waals surface area contributed by atoms with Crippen LogP contribution in [0.15, 0.2) is 20.7 Å². The average molecular weight is 439 g/mol. The van der Waals surface area contributed by atoms with Crippen LogP contribution < -0.4 is 10.5 Å². The highest BCUT2D eigenvalue weighted by Crippen LogP contribution is 2.25. The second-order valence-corrected chi connectivity index (χ2v) is 9.69. The highest BCUT2D eigenvalue weighted by Gasteiger charge is 2.27. The van der Waals surface area contributed by atoms with Crippen molar-refractivity contribution in [3.8, 4) is 0 Å². The molecule has 0 aliphatic carbocycles. The van der Waals surface area contributed by atoms with Crippen molar-refractivity contribution in [3.05, 3.63) is 42.4 Å². The first kappa shape index (κ1) is 18.2. The van der Waals surface area contributed by atoms with Gasteiger partial charge in [-0.1, -0.05) is 0 Å². The van der Waals surface area contributed by atoms with Crippen molar-refractivity contribution in [1.82, 2.24) is 14.9 Å². The fraction of sp³-hybridized carbons (Fsp3) is 0.556. The molecule has 26 heavy (non-hydrogen) atoms. The van der Waals surface area contributed by atoms with E-state index in [0.29, 0.717) is 5.95 Å². The molecule has 8 heteroatoms. The minimum Gasteiger partial charge on any atom is -0.372 e. The lowest BCUT2D eigenvalue weighted by molar-refractivity contribution is -0.00576. The maximum absolute atomic E-state index is 12.6. The molecule has 4 rings (SSSR count). The minimum atomic E-state index is 0.00955. The Labute approximate surface area is 165 Å². The first-order valence-corrected chi connectivity index (χ1v) is 10.6. The molecule has 0 spiro atoms. The summed E-state index contributed by atoms with van der Waals surface area (Å²) in [5.74, 6) is 0.677. The summed E-state index contributed by atoms with van der Waals surface area (Å²) < 4.78 is 6.94. The van der Waals surface area contributed by atoms with E-state index in [4.69, 9.17) is 9.72 Å². The summed E-state index contributed by atoms with van der Waals surface area (Å²) in [6.45, 7) is 8.11. The number of nitrogens with zero attached hydrogens (tertiary/aromatic N) is 3. The highest BCUT2D eigenvalue weighted by molar-refractivity contribution is 9.11. The molecule has 140 valence electrons. The molecule has 2 aliphatic rings.